The van der Waals surface area contributed by atoms with E-state index in [2.05, 4.69) is 20.5 Å². The lowest BCUT2D eigenvalue weighted by atomic mass is 10.2. The number of benzene rings is 2. The van der Waals surface area contributed by atoms with Crippen molar-refractivity contribution in [3.05, 3.63) is 58.7 Å². The van der Waals surface area contributed by atoms with Gasteiger partial charge >= 0.3 is 0 Å². The largest absolute Gasteiger partial charge is 0.497 e. The van der Waals surface area contributed by atoms with Crippen LogP contribution in [0.1, 0.15) is 5.56 Å². The second kappa shape index (κ2) is 6.36. The molecule has 0 amide bonds. The highest BCUT2D eigenvalue weighted by Crippen LogP contribution is 2.13. The first kappa shape index (κ1) is 14.2. The van der Waals surface area contributed by atoms with Crippen LogP contribution < -0.4 is 10.2 Å². The summed E-state index contributed by atoms with van der Waals surface area (Å²) in [7, 11) is 1.64. The van der Waals surface area contributed by atoms with Gasteiger partial charge in [-0.2, -0.15) is 5.10 Å². The van der Waals surface area contributed by atoms with Crippen molar-refractivity contribution in [2.24, 2.45) is 5.10 Å². The standard InChI is InChI=1S/C16H14N4OS/c1-21-12-8-6-11(7-9-12)10-17-20-15-16(22)19-14-5-3-2-4-13(14)18-15/h2-10H,1H3,(H,18,20)(H,19,22)/b17-10-. The molecule has 0 saturated carbocycles. The number of aromatic amines is 1. The van der Waals surface area contributed by atoms with Crippen molar-refractivity contribution in [2.75, 3.05) is 12.5 Å². The summed E-state index contributed by atoms with van der Waals surface area (Å²) < 4.78 is 5.63. The summed E-state index contributed by atoms with van der Waals surface area (Å²) in [5.41, 5.74) is 5.55. The fraction of sp³-hybridized carbons (Fsp3) is 0.0625. The predicted octanol–water partition coefficient (Wildman–Crippen LogP) is 3.75. The van der Waals surface area contributed by atoms with Crippen LogP contribution in [0.4, 0.5) is 5.82 Å². The van der Waals surface area contributed by atoms with E-state index in [-0.39, 0.29) is 0 Å². The lowest BCUT2D eigenvalue weighted by Gasteiger charge is -2.03. The number of methoxy groups -OCH3 is 1. The number of hydrogen-bond acceptors (Lipinski definition) is 5. The van der Waals surface area contributed by atoms with Crippen molar-refractivity contribution in [1.29, 1.82) is 0 Å². The average molecular weight is 310 g/mol. The van der Waals surface area contributed by atoms with Crippen molar-refractivity contribution in [1.82, 2.24) is 9.97 Å². The summed E-state index contributed by atoms with van der Waals surface area (Å²) in [6, 6.07) is 15.3. The topological polar surface area (TPSA) is 62.3 Å². The third-order valence-corrected chi connectivity index (χ3v) is 3.39. The number of hydrazone groups is 1. The molecule has 3 rings (SSSR count). The molecule has 2 N–H and O–H groups in total. The molecule has 2 aromatic carbocycles. The zero-order chi connectivity index (χ0) is 15.4. The predicted molar refractivity (Wildman–Crippen MR) is 91.1 cm³/mol. The van der Waals surface area contributed by atoms with Crippen LogP contribution in [0.15, 0.2) is 53.6 Å². The van der Waals surface area contributed by atoms with Gasteiger partial charge in [0.05, 0.1) is 24.4 Å². The Hall–Kier alpha value is -2.73. The highest BCUT2D eigenvalue weighted by atomic mass is 32.1. The Balaban J connectivity index is 1.79. The molecule has 0 radical (unpaired) electrons. The Morgan fingerprint density at radius 2 is 1.95 bits per heavy atom. The van der Waals surface area contributed by atoms with E-state index in [0.29, 0.717) is 10.5 Å². The van der Waals surface area contributed by atoms with Gasteiger partial charge in [-0.3, -0.25) is 5.43 Å². The number of anilines is 1. The molecule has 0 saturated heterocycles. The molecule has 5 nitrogen and oxygen atoms in total. The van der Waals surface area contributed by atoms with Gasteiger partial charge in [0.25, 0.3) is 0 Å². The lowest BCUT2D eigenvalue weighted by Crippen LogP contribution is -1.97. The third-order valence-electron chi connectivity index (χ3n) is 3.10. The molecule has 1 aromatic heterocycles. The number of H-pyrrole nitrogens is 1. The number of fused-ring (bicyclic) bond motifs is 1. The Bertz CT molecular complexity index is 871. The maximum absolute atomic E-state index is 5.27. The highest BCUT2D eigenvalue weighted by Gasteiger charge is 2.00. The van der Waals surface area contributed by atoms with E-state index in [4.69, 9.17) is 17.0 Å². The minimum absolute atomic E-state index is 0.519. The smallest absolute Gasteiger partial charge is 0.182 e. The van der Waals surface area contributed by atoms with E-state index in [9.17, 15) is 0 Å². The van der Waals surface area contributed by atoms with Gasteiger partial charge in [0.15, 0.2) is 5.82 Å². The highest BCUT2D eigenvalue weighted by molar-refractivity contribution is 7.71. The van der Waals surface area contributed by atoms with Gasteiger partial charge in [0.2, 0.25) is 0 Å². The fourth-order valence-corrected chi connectivity index (χ4v) is 2.16. The van der Waals surface area contributed by atoms with Crippen LogP contribution in [0.2, 0.25) is 0 Å². The van der Waals surface area contributed by atoms with Crippen molar-refractivity contribution in [3.8, 4) is 5.75 Å². The van der Waals surface area contributed by atoms with Crippen LogP contribution in [-0.2, 0) is 0 Å². The van der Waals surface area contributed by atoms with Gasteiger partial charge in [-0.1, -0.05) is 24.4 Å². The van der Waals surface area contributed by atoms with Crippen LogP contribution in [0.3, 0.4) is 0 Å². The van der Waals surface area contributed by atoms with Crippen molar-refractivity contribution in [3.63, 3.8) is 0 Å². The van der Waals surface area contributed by atoms with Gasteiger partial charge in [0, 0.05) is 0 Å². The lowest BCUT2D eigenvalue weighted by molar-refractivity contribution is 0.415. The number of ether oxygens (including phenoxy) is 1. The average Bonchev–Trinajstić information content (AvgIpc) is 2.56. The second-order valence-corrected chi connectivity index (χ2v) is 4.98. The Kier molecular flexibility index (Phi) is 4.11. The summed E-state index contributed by atoms with van der Waals surface area (Å²) in [4.78, 5) is 7.57. The number of para-hydroxylation sites is 2. The van der Waals surface area contributed by atoms with E-state index in [1.807, 2.05) is 48.5 Å². The van der Waals surface area contributed by atoms with Crippen LogP contribution in [0.5, 0.6) is 5.75 Å². The van der Waals surface area contributed by atoms with E-state index in [1.165, 1.54) is 0 Å². The molecule has 0 fully saturated rings. The van der Waals surface area contributed by atoms with E-state index in [0.717, 1.165) is 22.3 Å². The summed E-state index contributed by atoms with van der Waals surface area (Å²) >= 11 is 5.27. The number of rotatable bonds is 4. The molecule has 0 bridgehead atoms. The Morgan fingerprint density at radius 1 is 1.18 bits per heavy atom. The molecule has 0 aliphatic heterocycles. The summed E-state index contributed by atoms with van der Waals surface area (Å²) in [5, 5.41) is 4.17. The minimum Gasteiger partial charge on any atom is -0.497 e. The van der Waals surface area contributed by atoms with Crippen molar-refractivity contribution in [2.45, 2.75) is 0 Å². The summed E-state index contributed by atoms with van der Waals surface area (Å²) in [6.07, 6.45) is 1.70. The van der Waals surface area contributed by atoms with Crippen LogP contribution in [0.25, 0.3) is 11.0 Å². The van der Waals surface area contributed by atoms with E-state index < -0.39 is 0 Å². The molecular weight excluding hydrogens is 296 g/mol. The first-order valence-electron chi connectivity index (χ1n) is 6.68. The minimum atomic E-state index is 0.519. The number of nitrogens with one attached hydrogen (secondary N) is 2. The molecular formula is C16H14N4OS. The molecule has 0 unspecified atom stereocenters. The second-order valence-electron chi connectivity index (χ2n) is 4.57. The maximum Gasteiger partial charge on any atom is 0.182 e. The monoisotopic (exact) mass is 310 g/mol. The normalized spacial score (nSPS) is 11.0. The van der Waals surface area contributed by atoms with Gasteiger partial charge in [-0.15, -0.1) is 0 Å². The molecule has 22 heavy (non-hydrogen) atoms. The van der Waals surface area contributed by atoms with Crippen LogP contribution >= 0.6 is 12.2 Å². The number of nitrogens with zero attached hydrogens (tertiary/aromatic N) is 2. The Labute approximate surface area is 132 Å². The summed E-state index contributed by atoms with van der Waals surface area (Å²) in [5.74, 6) is 1.34. The van der Waals surface area contributed by atoms with Gasteiger partial charge in [-0.05, 0) is 42.0 Å². The molecule has 0 aliphatic rings. The first-order chi connectivity index (χ1) is 10.8. The van der Waals surface area contributed by atoms with Crippen molar-refractivity contribution >= 4 is 35.3 Å². The SMILES string of the molecule is COc1ccc(/C=N\Nc2nc3ccccc3[nH]c2=S)cc1. The van der Waals surface area contributed by atoms with E-state index in [1.54, 1.807) is 13.3 Å². The van der Waals surface area contributed by atoms with Crippen LogP contribution in [0, 0.1) is 4.64 Å². The molecule has 110 valence electrons. The fourth-order valence-electron chi connectivity index (χ4n) is 1.96. The zero-order valence-corrected chi connectivity index (χ0v) is 12.7. The van der Waals surface area contributed by atoms with Crippen LogP contribution in [-0.4, -0.2) is 23.3 Å². The van der Waals surface area contributed by atoms with Crippen molar-refractivity contribution < 1.29 is 4.74 Å². The molecule has 6 heteroatoms. The maximum atomic E-state index is 5.27. The van der Waals surface area contributed by atoms with Gasteiger partial charge in [-0.25, -0.2) is 4.98 Å². The van der Waals surface area contributed by atoms with Gasteiger partial charge < -0.3 is 9.72 Å². The molecule has 0 spiro atoms. The molecule has 3 aromatic rings. The molecule has 1 heterocycles. The van der Waals surface area contributed by atoms with E-state index >= 15 is 0 Å². The third kappa shape index (κ3) is 3.12. The quantitative estimate of drug-likeness (QED) is 0.438. The first-order valence-corrected chi connectivity index (χ1v) is 7.09. The summed E-state index contributed by atoms with van der Waals surface area (Å²) in [6.45, 7) is 0. The number of aromatic nitrogens is 2. The van der Waals surface area contributed by atoms with Gasteiger partial charge in [0.1, 0.15) is 10.4 Å². The molecule has 0 aliphatic carbocycles. The zero-order valence-electron chi connectivity index (χ0n) is 11.9. The number of hydrogen-bond donors (Lipinski definition) is 2. The Morgan fingerprint density at radius 3 is 2.73 bits per heavy atom. The molecule has 0 atom stereocenters.